The van der Waals surface area contributed by atoms with E-state index in [1.165, 1.54) is 19.1 Å². The van der Waals surface area contributed by atoms with Crippen molar-refractivity contribution in [3.63, 3.8) is 0 Å². The lowest BCUT2D eigenvalue weighted by atomic mass is 10.3. The lowest BCUT2D eigenvalue weighted by molar-refractivity contribution is -0.124. The minimum atomic E-state index is -4.02. The SMILES string of the molecule is CC(=O)N1CCCNc2nc(ncc2Br)Nc2cc(N)cc(c2)S1(=O)=O. The van der Waals surface area contributed by atoms with Crippen molar-refractivity contribution in [3.05, 3.63) is 28.9 Å². The molecule has 138 valence electrons. The van der Waals surface area contributed by atoms with Gasteiger partial charge in [-0.3, -0.25) is 4.79 Å². The van der Waals surface area contributed by atoms with E-state index in [0.717, 1.165) is 4.31 Å². The quantitative estimate of drug-likeness (QED) is 0.529. The molecule has 0 radical (unpaired) electrons. The molecule has 11 heteroatoms. The molecular formula is C15H17BrN6O3S. The van der Waals surface area contributed by atoms with Crippen LogP contribution >= 0.6 is 15.9 Å². The summed E-state index contributed by atoms with van der Waals surface area (Å²) in [6.45, 7) is 1.69. The Morgan fingerprint density at radius 2 is 2.12 bits per heavy atom. The fourth-order valence-corrected chi connectivity index (χ4v) is 4.38. The molecule has 0 unspecified atom stereocenters. The minimum Gasteiger partial charge on any atom is -0.399 e. The van der Waals surface area contributed by atoms with Crippen molar-refractivity contribution in [2.75, 3.05) is 29.5 Å². The third kappa shape index (κ3) is 3.73. The number of halogens is 1. The molecular weight excluding hydrogens is 424 g/mol. The van der Waals surface area contributed by atoms with Crippen molar-refractivity contribution >= 4 is 55.0 Å². The van der Waals surface area contributed by atoms with Crippen LogP contribution in [0, 0.1) is 0 Å². The van der Waals surface area contributed by atoms with Crippen molar-refractivity contribution in [2.45, 2.75) is 18.2 Å². The van der Waals surface area contributed by atoms with E-state index in [1.54, 1.807) is 12.3 Å². The second kappa shape index (κ2) is 7.08. The lowest BCUT2D eigenvalue weighted by Crippen LogP contribution is -2.36. The summed E-state index contributed by atoms with van der Waals surface area (Å²) < 4.78 is 27.3. The predicted octanol–water partition coefficient (Wildman–Crippen LogP) is 1.92. The number of nitrogens with two attached hydrogens (primary N) is 1. The molecule has 4 bridgehead atoms. The number of sulfonamides is 1. The minimum absolute atomic E-state index is 0.0395. The van der Waals surface area contributed by atoms with Crippen LogP contribution in [0.15, 0.2) is 33.8 Å². The summed E-state index contributed by atoms with van der Waals surface area (Å²) in [5, 5.41) is 6.04. The highest BCUT2D eigenvalue weighted by molar-refractivity contribution is 9.10. The molecule has 2 heterocycles. The summed E-state index contributed by atoms with van der Waals surface area (Å²) >= 11 is 3.36. The number of carbonyl (C=O) groups is 1. The first-order valence-corrected chi connectivity index (χ1v) is 9.98. The topological polar surface area (TPSA) is 130 Å². The number of benzene rings is 1. The Balaban J connectivity index is 2.13. The monoisotopic (exact) mass is 440 g/mol. The van der Waals surface area contributed by atoms with E-state index >= 15 is 0 Å². The van der Waals surface area contributed by atoms with Gasteiger partial charge in [-0.25, -0.2) is 17.7 Å². The van der Waals surface area contributed by atoms with Crippen molar-refractivity contribution in [3.8, 4) is 0 Å². The highest BCUT2D eigenvalue weighted by atomic mass is 79.9. The summed E-state index contributed by atoms with van der Waals surface area (Å²) in [6.07, 6.45) is 2.00. The third-order valence-corrected chi connectivity index (χ3v) is 6.13. The summed E-state index contributed by atoms with van der Waals surface area (Å²) in [6, 6.07) is 4.29. The zero-order chi connectivity index (χ0) is 18.9. The number of hydrogen-bond donors (Lipinski definition) is 3. The molecule has 0 atom stereocenters. The average Bonchev–Trinajstić information content (AvgIpc) is 2.56. The second-order valence-corrected chi connectivity index (χ2v) is 8.40. The number of carbonyl (C=O) groups excluding carboxylic acids is 1. The van der Waals surface area contributed by atoms with Gasteiger partial charge in [0.15, 0.2) is 0 Å². The lowest BCUT2D eigenvalue weighted by Gasteiger charge is -2.21. The average molecular weight is 441 g/mol. The molecule has 0 aliphatic carbocycles. The summed E-state index contributed by atoms with van der Waals surface area (Å²) in [7, 11) is -4.02. The van der Waals surface area contributed by atoms with Gasteiger partial charge in [0.25, 0.3) is 10.0 Å². The number of nitrogen functional groups attached to an aromatic ring is 1. The van der Waals surface area contributed by atoms with Gasteiger partial charge in [-0.2, -0.15) is 4.98 Å². The maximum absolute atomic E-state index is 12.9. The van der Waals surface area contributed by atoms with E-state index in [1.807, 2.05) is 0 Å². The number of rotatable bonds is 0. The van der Waals surface area contributed by atoms with Crippen LogP contribution in [0.5, 0.6) is 0 Å². The molecule has 9 nitrogen and oxygen atoms in total. The Morgan fingerprint density at radius 3 is 2.85 bits per heavy atom. The number of anilines is 4. The van der Waals surface area contributed by atoms with Crippen molar-refractivity contribution in [1.29, 1.82) is 0 Å². The molecule has 3 rings (SSSR count). The van der Waals surface area contributed by atoms with Crippen LogP contribution in [0.3, 0.4) is 0 Å². The van der Waals surface area contributed by atoms with Gasteiger partial charge < -0.3 is 16.4 Å². The van der Waals surface area contributed by atoms with Crippen LogP contribution in [0.2, 0.25) is 0 Å². The predicted molar refractivity (Wildman–Crippen MR) is 102 cm³/mol. The largest absolute Gasteiger partial charge is 0.399 e. The molecule has 0 fully saturated rings. The molecule has 1 aromatic carbocycles. The maximum Gasteiger partial charge on any atom is 0.266 e. The van der Waals surface area contributed by atoms with Crippen LogP contribution in [0.1, 0.15) is 13.3 Å². The Hall–Kier alpha value is -2.40. The van der Waals surface area contributed by atoms with Crippen LogP contribution < -0.4 is 16.4 Å². The highest BCUT2D eigenvalue weighted by Gasteiger charge is 2.27. The van der Waals surface area contributed by atoms with E-state index in [0.29, 0.717) is 28.9 Å². The van der Waals surface area contributed by atoms with Crippen LogP contribution in [0.4, 0.5) is 23.1 Å². The van der Waals surface area contributed by atoms with Crippen LogP contribution in [-0.2, 0) is 14.8 Å². The van der Waals surface area contributed by atoms with Crippen molar-refractivity contribution in [1.82, 2.24) is 14.3 Å². The number of amides is 1. The maximum atomic E-state index is 12.9. The fraction of sp³-hybridized carbons (Fsp3) is 0.267. The Morgan fingerprint density at radius 1 is 1.35 bits per heavy atom. The molecule has 0 saturated heterocycles. The van der Waals surface area contributed by atoms with Gasteiger partial charge in [-0.05, 0) is 40.5 Å². The molecule has 26 heavy (non-hydrogen) atoms. The number of fused-ring (bicyclic) bond motifs is 4. The molecule has 2 aromatic rings. The Bertz CT molecular complexity index is 966. The second-order valence-electron chi connectivity index (χ2n) is 5.68. The number of hydrogen-bond acceptors (Lipinski definition) is 8. The first kappa shape index (κ1) is 18.4. The number of nitrogens with one attached hydrogen (secondary N) is 2. The molecule has 1 aliphatic rings. The van der Waals surface area contributed by atoms with E-state index in [9.17, 15) is 13.2 Å². The number of aromatic nitrogens is 2. The molecule has 0 saturated carbocycles. The van der Waals surface area contributed by atoms with E-state index in [2.05, 4.69) is 36.5 Å². The van der Waals surface area contributed by atoms with Gasteiger partial charge in [0.1, 0.15) is 5.82 Å². The van der Waals surface area contributed by atoms with E-state index < -0.39 is 15.9 Å². The van der Waals surface area contributed by atoms with Gasteiger partial charge in [0.05, 0.1) is 9.37 Å². The fourth-order valence-electron chi connectivity index (χ4n) is 2.53. The van der Waals surface area contributed by atoms with Crippen LogP contribution in [-0.4, -0.2) is 41.7 Å². The summed E-state index contributed by atoms with van der Waals surface area (Å²) in [4.78, 5) is 20.4. The van der Waals surface area contributed by atoms with E-state index in [-0.39, 0.29) is 23.1 Å². The van der Waals surface area contributed by atoms with Gasteiger partial charge >= 0.3 is 0 Å². The normalized spacial score (nSPS) is 16.3. The first-order chi connectivity index (χ1) is 12.3. The van der Waals surface area contributed by atoms with E-state index in [4.69, 9.17) is 5.73 Å². The third-order valence-electron chi connectivity index (χ3n) is 3.70. The van der Waals surface area contributed by atoms with Gasteiger partial charge in [-0.1, -0.05) is 0 Å². The standard InChI is InChI=1S/C15H17BrN6O3S/c1-9(23)22-4-2-3-18-14-13(16)8-19-15(21-14)20-11-5-10(17)6-12(7-11)26(22,24)25/h5-8H,2-4,17H2,1H3,(H2,18,19,20,21). The van der Waals surface area contributed by atoms with Crippen molar-refractivity contribution in [2.24, 2.45) is 0 Å². The smallest absolute Gasteiger partial charge is 0.266 e. The Labute approximate surface area is 159 Å². The van der Waals surface area contributed by atoms with Crippen LogP contribution in [0.25, 0.3) is 0 Å². The molecule has 1 amide bonds. The van der Waals surface area contributed by atoms with Gasteiger partial charge in [-0.15, -0.1) is 0 Å². The molecule has 1 aromatic heterocycles. The highest BCUT2D eigenvalue weighted by Crippen LogP contribution is 2.27. The van der Waals surface area contributed by atoms with Crippen molar-refractivity contribution < 1.29 is 13.2 Å². The molecule has 1 aliphatic heterocycles. The summed E-state index contributed by atoms with van der Waals surface area (Å²) in [5.41, 5.74) is 6.50. The van der Waals surface area contributed by atoms with Gasteiger partial charge in [0.2, 0.25) is 11.9 Å². The summed E-state index contributed by atoms with van der Waals surface area (Å²) in [5.74, 6) is 0.286. The Kier molecular flexibility index (Phi) is 5.01. The molecule has 4 N–H and O–H groups in total. The number of nitrogens with zero attached hydrogens (tertiary/aromatic N) is 3. The zero-order valence-corrected chi connectivity index (χ0v) is 16.3. The first-order valence-electron chi connectivity index (χ1n) is 7.74. The van der Waals surface area contributed by atoms with Gasteiger partial charge in [0, 0.05) is 37.6 Å². The zero-order valence-electron chi connectivity index (χ0n) is 13.9. The molecule has 0 spiro atoms.